The van der Waals surface area contributed by atoms with Crippen LogP contribution in [-0.4, -0.2) is 34.9 Å². The zero-order valence-corrected chi connectivity index (χ0v) is 10.8. The maximum absolute atomic E-state index is 11.8. The molecule has 1 aliphatic rings. The van der Waals surface area contributed by atoms with Gasteiger partial charge in [-0.3, -0.25) is 9.69 Å². The number of thiazole rings is 1. The average molecular weight is 262 g/mol. The highest BCUT2D eigenvalue weighted by molar-refractivity contribution is 7.13. The molecular formula is C10H16ClN3OS. The lowest BCUT2D eigenvalue weighted by Crippen LogP contribution is -2.40. The number of amides is 1. The van der Waals surface area contributed by atoms with Gasteiger partial charge in [-0.1, -0.05) is 0 Å². The molecule has 1 aliphatic heterocycles. The summed E-state index contributed by atoms with van der Waals surface area (Å²) in [4.78, 5) is 18.1. The van der Waals surface area contributed by atoms with Crippen molar-refractivity contribution < 1.29 is 4.79 Å². The third-order valence-electron chi connectivity index (χ3n) is 2.73. The Labute approximate surface area is 105 Å². The summed E-state index contributed by atoms with van der Waals surface area (Å²) >= 11 is 1.45. The molecule has 1 unspecified atom stereocenters. The number of aromatic nitrogens is 1. The minimum absolute atomic E-state index is 0. The fourth-order valence-electron chi connectivity index (χ4n) is 1.79. The Morgan fingerprint density at radius 2 is 2.25 bits per heavy atom. The molecule has 1 saturated heterocycles. The Bertz CT molecular complexity index is 325. The van der Waals surface area contributed by atoms with Crippen LogP contribution in [0.3, 0.4) is 0 Å². The number of hydrogen-bond donors (Lipinski definition) is 1. The van der Waals surface area contributed by atoms with Crippen LogP contribution in [0.4, 0.5) is 5.13 Å². The van der Waals surface area contributed by atoms with Gasteiger partial charge in [0, 0.05) is 11.6 Å². The first kappa shape index (κ1) is 13.4. The molecular weight excluding hydrogens is 246 g/mol. The molecule has 0 saturated carbocycles. The molecule has 6 heteroatoms. The second-order valence-electron chi connectivity index (χ2n) is 3.75. The van der Waals surface area contributed by atoms with Crippen LogP contribution in [0.1, 0.15) is 19.8 Å². The first-order valence-electron chi connectivity index (χ1n) is 5.22. The first-order chi connectivity index (χ1) is 7.27. The summed E-state index contributed by atoms with van der Waals surface area (Å²) in [5, 5.41) is 5.37. The predicted molar refractivity (Wildman–Crippen MR) is 68.3 cm³/mol. The molecule has 1 aromatic rings. The van der Waals surface area contributed by atoms with Crippen molar-refractivity contribution in [2.75, 3.05) is 18.4 Å². The van der Waals surface area contributed by atoms with Gasteiger partial charge in [-0.05, 0) is 32.9 Å². The van der Waals surface area contributed by atoms with Gasteiger partial charge in [0.2, 0.25) is 5.91 Å². The zero-order valence-electron chi connectivity index (χ0n) is 9.18. The van der Waals surface area contributed by atoms with E-state index in [9.17, 15) is 4.79 Å². The van der Waals surface area contributed by atoms with Crippen LogP contribution in [0.5, 0.6) is 0 Å². The van der Waals surface area contributed by atoms with Gasteiger partial charge in [0.1, 0.15) is 0 Å². The molecule has 0 aliphatic carbocycles. The van der Waals surface area contributed by atoms with Crippen LogP contribution in [0, 0.1) is 0 Å². The third-order valence-corrected chi connectivity index (χ3v) is 3.42. The normalized spacial score (nSPS) is 17.8. The van der Waals surface area contributed by atoms with Crippen molar-refractivity contribution >= 4 is 34.8 Å². The maximum atomic E-state index is 11.8. The topological polar surface area (TPSA) is 45.2 Å². The van der Waals surface area contributed by atoms with Gasteiger partial charge in [-0.2, -0.15) is 0 Å². The second-order valence-corrected chi connectivity index (χ2v) is 4.64. The minimum atomic E-state index is -0.0450. The van der Waals surface area contributed by atoms with Gasteiger partial charge in [0.25, 0.3) is 0 Å². The highest BCUT2D eigenvalue weighted by Crippen LogP contribution is 2.15. The van der Waals surface area contributed by atoms with Crippen molar-refractivity contribution in [2.24, 2.45) is 0 Å². The van der Waals surface area contributed by atoms with Gasteiger partial charge in [-0.15, -0.1) is 23.7 Å². The van der Waals surface area contributed by atoms with Crippen LogP contribution >= 0.6 is 23.7 Å². The summed E-state index contributed by atoms with van der Waals surface area (Å²) in [6.45, 7) is 4.02. The van der Waals surface area contributed by atoms with E-state index in [1.54, 1.807) is 6.20 Å². The number of rotatable bonds is 3. The van der Waals surface area contributed by atoms with Crippen molar-refractivity contribution in [1.29, 1.82) is 0 Å². The van der Waals surface area contributed by atoms with Crippen LogP contribution in [0.15, 0.2) is 11.6 Å². The highest BCUT2D eigenvalue weighted by Gasteiger charge is 2.24. The summed E-state index contributed by atoms with van der Waals surface area (Å²) in [7, 11) is 0. The van der Waals surface area contributed by atoms with Gasteiger partial charge in [0.05, 0.1) is 6.04 Å². The standard InChI is InChI=1S/C10H15N3OS.ClH/c1-8(13-5-2-3-6-13)9(14)12-10-11-4-7-15-10;/h4,7-8H,2-3,5-6H2,1H3,(H,11,12,14);1H. The van der Waals surface area contributed by atoms with E-state index in [-0.39, 0.29) is 24.4 Å². The van der Waals surface area contributed by atoms with Crippen LogP contribution in [0.2, 0.25) is 0 Å². The summed E-state index contributed by atoms with van der Waals surface area (Å²) in [6.07, 6.45) is 4.10. The number of halogens is 1. The largest absolute Gasteiger partial charge is 0.301 e. The van der Waals surface area contributed by atoms with Gasteiger partial charge in [-0.25, -0.2) is 4.98 Å². The van der Waals surface area contributed by atoms with Gasteiger partial charge >= 0.3 is 0 Å². The molecule has 1 N–H and O–H groups in total. The lowest BCUT2D eigenvalue weighted by atomic mass is 10.3. The van der Waals surface area contributed by atoms with E-state index in [1.807, 2.05) is 12.3 Å². The fourth-order valence-corrected chi connectivity index (χ4v) is 2.32. The Hall–Kier alpha value is -0.650. The van der Waals surface area contributed by atoms with E-state index >= 15 is 0 Å². The number of anilines is 1. The third kappa shape index (κ3) is 3.17. The highest BCUT2D eigenvalue weighted by atomic mass is 35.5. The summed E-state index contributed by atoms with van der Waals surface area (Å²) in [5.74, 6) is 0.0480. The molecule has 1 amide bonds. The van der Waals surface area contributed by atoms with Gasteiger partial charge in [0.15, 0.2) is 5.13 Å². The van der Waals surface area contributed by atoms with Crippen LogP contribution < -0.4 is 5.32 Å². The first-order valence-corrected chi connectivity index (χ1v) is 6.10. The quantitative estimate of drug-likeness (QED) is 0.905. The number of carbonyl (C=O) groups excluding carboxylic acids is 1. The van der Waals surface area contributed by atoms with Crippen molar-refractivity contribution in [3.63, 3.8) is 0 Å². The monoisotopic (exact) mass is 261 g/mol. The molecule has 2 heterocycles. The molecule has 0 aromatic carbocycles. The Kier molecular flexibility index (Phi) is 5.18. The van der Waals surface area contributed by atoms with E-state index in [0.717, 1.165) is 13.1 Å². The van der Waals surface area contributed by atoms with E-state index in [2.05, 4.69) is 15.2 Å². The molecule has 0 bridgehead atoms. The average Bonchev–Trinajstić information content (AvgIpc) is 2.88. The minimum Gasteiger partial charge on any atom is -0.301 e. The van der Waals surface area contributed by atoms with Crippen molar-refractivity contribution in [3.8, 4) is 0 Å². The number of likely N-dealkylation sites (tertiary alicyclic amines) is 1. The predicted octanol–water partition coefficient (Wildman–Crippen LogP) is 1.99. The molecule has 0 radical (unpaired) electrons. The Morgan fingerprint density at radius 1 is 1.56 bits per heavy atom. The second kappa shape index (κ2) is 6.18. The lowest BCUT2D eigenvalue weighted by molar-refractivity contribution is -0.120. The Morgan fingerprint density at radius 3 is 2.81 bits per heavy atom. The zero-order chi connectivity index (χ0) is 10.7. The maximum Gasteiger partial charge on any atom is 0.243 e. The smallest absolute Gasteiger partial charge is 0.243 e. The van der Waals surface area contributed by atoms with Crippen molar-refractivity contribution in [2.45, 2.75) is 25.8 Å². The van der Waals surface area contributed by atoms with Crippen LogP contribution in [0.25, 0.3) is 0 Å². The van der Waals surface area contributed by atoms with Gasteiger partial charge < -0.3 is 5.32 Å². The summed E-state index contributed by atoms with van der Waals surface area (Å²) < 4.78 is 0. The summed E-state index contributed by atoms with van der Waals surface area (Å²) in [6, 6.07) is -0.0450. The number of nitrogens with zero attached hydrogens (tertiary/aromatic N) is 2. The molecule has 2 rings (SSSR count). The molecule has 1 fully saturated rings. The van der Waals surface area contributed by atoms with E-state index in [1.165, 1.54) is 24.2 Å². The number of hydrogen-bond acceptors (Lipinski definition) is 4. The molecule has 90 valence electrons. The van der Waals surface area contributed by atoms with E-state index < -0.39 is 0 Å². The molecule has 4 nitrogen and oxygen atoms in total. The SMILES string of the molecule is CC(C(=O)Nc1nccs1)N1CCCC1.Cl. The number of nitrogens with one attached hydrogen (secondary N) is 1. The van der Waals surface area contributed by atoms with Crippen LogP contribution in [-0.2, 0) is 4.79 Å². The Balaban J connectivity index is 0.00000128. The fraction of sp³-hybridized carbons (Fsp3) is 0.600. The van der Waals surface area contributed by atoms with Crippen molar-refractivity contribution in [3.05, 3.63) is 11.6 Å². The van der Waals surface area contributed by atoms with Crippen molar-refractivity contribution in [1.82, 2.24) is 9.88 Å². The molecule has 0 spiro atoms. The lowest BCUT2D eigenvalue weighted by Gasteiger charge is -2.21. The molecule has 1 aromatic heterocycles. The number of carbonyl (C=O) groups is 1. The molecule has 16 heavy (non-hydrogen) atoms. The summed E-state index contributed by atoms with van der Waals surface area (Å²) in [5.41, 5.74) is 0. The molecule has 1 atom stereocenters. The van der Waals surface area contributed by atoms with E-state index in [0.29, 0.717) is 5.13 Å². The van der Waals surface area contributed by atoms with E-state index in [4.69, 9.17) is 0 Å².